The van der Waals surface area contributed by atoms with Gasteiger partial charge in [-0.15, -0.1) is 0 Å². The molecular formula is C16H16INO2. The van der Waals surface area contributed by atoms with E-state index >= 15 is 0 Å². The molecule has 4 heteroatoms. The molecule has 1 N–H and O–H groups in total. The van der Waals surface area contributed by atoms with Crippen molar-refractivity contribution in [2.75, 3.05) is 6.61 Å². The van der Waals surface area contributed by atoms with Gasteiger partial charge in [0.25, 0.3) is 5.91 Å². The fraction of sp³-hybridized carbons (Fsp3) is 0.188. The zero-order valence-electron chi connectivity index (χ0n) is 11.2. The van der Waals surface area contributed by atoms with E-state index in [0.29, 0.717) is 18.7 Å². The Morgan fingerprint density at radius 1 is 1.15 bits per heavy atom. The highest BCUT2D eigenvalue weighted by atomic mass is 127. The summed E-state index contributed by atoms with van der Waals surface area (Å²) in [5, 5.41) is 2.93. The Morgan fingerprint density at radius 2 is 1.85 bits per heavy atom. The zero-order valence-corrected chi connectivity index (χ0v) is 13.4. The summed E-state index contributed by atoms with van der Waals surface area (Å²) >= 11 is 2.16. The average Bonchev–Trinajstić information content (AvgIpc) is 2.47. The van der Waals surface area contributed by atoms with Gasteiger partial charge in [0, 0.05) is 15.7 Å². The lowest BCUT2D eigenvalue weighted by Gasteiger charge is -2.11. The summed E-state index contributed by atoms with van der Waals surface area (Å²) in [5.74, 6) is 0.749. The molecule has 0 atom stereocenters. The van der Waals surface area contributed by atoms with E-state index < -0.39 is 0 Å². The van der Waals surface area contributed by atoms with E-state index in [-0.39, 0.29) is 5.91 Å². The number of nitrogens with one attached hydrogen (secondary N) is 1. The van der Waals surface area contributed by atoms with Gasteiger partial charge in [-0.05, 0) is 47.7 Å². The summed E-state index contributed by atoms with van der Waals surface area (Å²) in [7, 11) is 0. The van der Waals surface area contributed by atoms with Crippen molar-refractivity contribution in [1.82, 2.24) is 5.32 Å². The first kappa shape index (κ1) is 14.8. The molecule has 0 bridgehead atoms. The van der Waals surface area contributed by atoms with E-state index in [1.165, 1.54) is 0 Å². The van der Waals surface area contributed by atoms with Crippen molar-refractivity contribution in [2.24, 2.45) is 0 Å². The highest BCUT2D eigenvalue weighted by Crippen LogP contribution is 2.18. The topological polar surface area (TPSA) is 38.3 Å². The quantitative estimate of drug-likeness (QED) is 0.804. The van der Waals surface area contributed by atoms with Gasteiger partial charge in [-0.3, -0.25) is 4.79 Å². The first-order chi connectivity index (χ1) is 9.72. The van der Waals surface area contributed by atoms with Crippen molar-refractivity contribution in [3.63, 3.8) is 0 Å². The number of hydrogen-bond acceptors (Lipinski definition) is 2. The van der Waals surface area contributed by atoms with E-state index in [4.69, 9.17) is 4.74 Å². The summed E-state index contributed by atoms with van der Waals surface area (Å²) in [5.41, 5.74) is 1.68. The van der Waals surface area contributed by atoms with Gasteiger partial charge in [-0.1, -0.05) is 30.3 Å². The van der Waals surface area contributed by atoms with Gasteiger partial charge < -0.3 is 10.1 Å². The highest BCUT2D eigenvalue weighted by Gasteiger charge is 2.10. The molecule has 0 aromatic heterocycles. The van der Waals surface area contributed by atoms with E-state index in [1.54, 1.807) is 0 Å². The number of benzene rings is 2. The van der Waals surface area contributed by atoms with E-state index in [1.807, 2.05) is 55.5 Å². The van der Waals surface area contributed by atoms with Gasteiger partial charge in [0.15, 0.2) is 0 Å². The molecule has 0 unspecified atom stereocenters. The van der Waals surface area contributed by atoms with Crippen LogP contribution in [0.2, 0.25) is 0 Å². The zero-order chi connectivity index (χ0) is 14.4. The normalized spacial score (nSPS) is 10.1. The number of para-hydroxylation sites is 1. The summed E-state index contributed by atoms with van der Waals surface area (Å²) in [6.07, 6.45) is 0. The number of ether oxygens (including phenoxy) is 1. The molecule has 0 aliphatic rings. The first-order valence-corrected chi connectivity index (χ1v) is 7.53. The minimum absolute atomic E-state index is 0.0682. The largest absolute Gasteiger partial charge is 0.494 e. The van der Waals surface area contributed by atoms with E-state index in [0.717, 1.165) is 14.9 Å². The van der Waals surface area contributed by atoms with Crippen molar-refractivity contribution in [3.8, 4) is 5.75 Å². The summed E-state index contributed by atoms with van der Waals surface area (Å²) in [4.78, 5) is 12.2. The van der Waals surface area contributed by atoms with Crippen LogP contribution in [0.15, 0.2) is 48.5 Å². The van der Waals surface area contributed by atoms with Crippen LogP contribution in [-0.4, -0.2) is 12.5 Å². The van der Waals surface area contributed by atoms with E-state index in [2.05, 4.69) is 27.9 Å². The SMILES string of the molecule is CCOc1ccccc1CNC(=O)c1ccccc1I. The lowest BCUT2D eigenvalue weighted by atomic mass is 10.2. The van der Waals surface area contributed by atoms with Crippen LogP contribution in [0.5, 0.6) is 5.75 Å². The van der Waals surface area contributed by atoms with Crippen LogP contribution in [0.3, 0.4) is 0 Å². The van der Waals surface area contributed by atoms with Crippen LogP contribution >= 0.6 is 22.6 Å². The average molecular weight is 381 g/mol. The Hall–Kier alpha value is -1.56. The first-order valence-electron chi connectivity index (χ1n) is 6.45. The number of hydrogen-bond donors (Lipinski definition) is 1. The Morgan fingerprint density at radius 3 is 2.60 bits per heavy atom. The smallest absolute Gasteiger partial charge is 0.252 e. The molecule has 2 aromatic carbocycles. The molecule has 104 valence electrons. The van der Waals surface area contributed by atoms with Crippen LogP contribution in [0.25, 0.3) is 0 Å². The lowest BCUT2D eigenvalue weighted by molar-refractivity contribution is 0.0949. The molecule has 1 amide bonds. The second kappa shape index (κ2) is 7.28. The molecule has 20 heavy (non-hydrogen) atoms. The predicted octanol–water partition coefficient (Wildman–Crippen LogP) is 3.62. The molecule has 0 fully saturated rings. The fourth-order valence-corrected chi connectivity index (χ4v) is 2.49. The van der Waals surface area contributed by atoms with Crippen LogP contribution < -0.4 is 10.1 Å². The van der Waals surface area contributed by atoms with Gasteiger partial charge in [-0.25, -0.2) is 0 Å². The second-order valence-electron chi connectivity index (χ2n) is 4.20. The molecular weight excluding hydrogens is 365 g/mol. The van der Waals surface area contributed by atoms with Crippen LogP contribution in [0, 0.1) is 3.57 Å². The molecule has 2 rings (SSSR count). The van der Waals surface area contributed by atoms with Gasteiger partial charge in [-0.2, -0.15) is 0 Å². The predicted molar refractivity (Wildman–Crippen MR) is 87.9 cm³/mol. The number of halogens is 1. The monoisotopic (exact) mass is 381 g/mol. The van der Waals surface area contributed by atoms with Crippen molar-refractivity contribution < 1.29 is 9.53 Å². The molecule has 0 aliphatic heterocycles. The minimum atomic E-state index is -0.0682. The van der Waals surface area contributed by atoms with Crippen molar-refractivity contribution in [2.45, 2.75) is 13.5 Å². The van der Waals surface area contributed by atoms with Crippen LogP contribution in [0.1, 0.15) is 22.8 Å². The van der Waals surface area contributed by atoms with Crippen LogP contribution in [0.4, 0.5) is 0 Å². The number of carbonyl (C=O) groups excluding carboxylic acids is 1. The standard InChI is InChI=1S/C16H16INO2/c1-2-20-15-10-6-3-7-12(15)11-18-16(19)13-8-4-5-9-14(13)17/h3-10H,2,11H2,1H3,(H,18,19). The van der Waals surface area contributed by atoms with E-state index in [9.17, 15) is 4.79 Å². The third kappa shape index (κ3) is 3.72. The molecule has 0 saturated heterocycles. The maximum absolute atomic E-state index is 12.2. The fourth-order valence-electron chi connectivity index (χ4n) is 1.86. The van der Waals surface area contributed by atoms with Gasteiger partial charge >= 0.3 is 0 Å². The number of carbonyl (C=O) groups is 1. The minimum Gasteiger partial charge on any atom is -0.494 e. The molecule has 0 spiro atoms. The maximum Gasteiger partial charge on any atom is 0.252 e. The van der Waals surface area contributed by atoms with Crippen molar-refractivity contribution in [3.05, 3.63) is 63.2 Å². The second-order valence-corrected chi connectivity index (χ2v) is 5.37. The lowest BCUT2D eigenvalue weighted by Crippen LogP contribution is -2.23. The summed E-state index contributed by atoms with van der Waals surface area (Å²) < 4.78 is 6.49. The molecule has 2 aromatic rings. The van der Waals surface area contributed by atoms with Gasteiger partial charge in [0.05, 0.1) is 12.2 Å². The Kier molecular flexibility index (Phi) is 5.40. The van der Waals surface area contributed by atoms with Gasteiger partial charge in [0.1, 0.15) is 5.75 Å². The van der Waals surface area contributed by atoms with Crippen LogP contribution in [-0.2, 0) is 6.54 Å². The third-order valence-electron chi connectivity index (χ3n) is 2.83. The Labute approximate surface area is 132 Å². The molecule has 3 nitrogen and oxygen atoms in total. The maximum atomic E-state index is 12.2. The highest BCUT2D eigenvalue weighted by molar-refractivity contribution is 14.1. The third-order valence-corrected chi connectivity index (χ3v) is 3.77. The molecule has 0 radical (unpaired) electrons. The summed E-state index contributed by atoms with van der Waals surface area (Å²) in [6, 6.07) is 15.3. The summed E-state index contributed by atoms with van der Waals surface area (Å²) in [6.45, 7) is 3.02. The Balaban J connectivity index is 2.06. The molecule has 0 aliphatic carbocycles. The number of amides is 1. The molecule has 0 heterocycles. The number of rotatable bonds is 5. The Bertz CT molecular complexity index is 599. The van der Waals surface area contributed by atoms with Crippen molar-refractivity contribution in [1.29, 1.82) is 0 Å². The molecule has 0 saturated carbocycles. The van der Waals surface area contributed by atoms with Gasteiger partial charge in [0.2, 0.25) is 0 Å². The van der Waals surface area contributed by atoms with Crippen molar-refractivity contribution >= 4 is 28.5 Å².